The van der Waals surface area contributed by atoms with Crippen LogP contribution in [0.2, 0.25) is 0 Å². The van der Waals surface area contributed by atoms with Crippen molar-refractivity contribution in [2.45, 2.75) is 60.8 Å². The van der Waals surface area contributed by atoms with E-state index in [4.69, 9.17) is 0 Å². The fraction of sp³-hybridized carbons (Fsp3) is 0.867. The summed E-state index contributed by atoms with van der Waals surface area (Å²) in [5.74, 6) is 0.857. The zero-order valence-corrected chi connectivity index (χ0v) is 14.9. The van der Waals surface area contributed by atoms with E-state index in [9.17, 15) is 0 Å². The summed E-state index contributed by atoms with van der Waals surface area (Å²) in [6.45, 7) is 18.3. The molecule has 2 unspecified atom stereocenters. The number of hydrogen-bond acceptors (Lipinski definition) is 0. The first-order valence-electron chi connectivity index (χ1n) is 6.26. The van der Waals surface area contributed by atoms with E-state index in [-0.39, 0.29) is 32.7 Å². The second-order valence-corrected chi connectivity index (χ2v) is 7.45. The Kier molecular flexibility index (Phi) is 5.76. The third kappa shape index (κ3) is 4.41. The molecule has 0 heterocycles. The van der Waals surface area contributed by atoms with Crippen LogP contribution in [0.4, 0.5) is 0 Å². The van der Waals surface area contributed by atoms with Crippen molar-refractivity contribution in [1.82, 2.24) is 0 Å². The smallest absolute Gasteiger partial charge is 0 e. The fourth-order valence-electron chi connectivity index (χ4n) is 2.40. The first-order chi connectivity index (χ1) is 6.56. The van der Waals surface area contributed by atoms with Gasteiger partial charge >= 0.3 is 0 Å². The van der Waals surface area contributed by atoms with Gasteiger partial charge in [0.05, 0.1) is 0 Å². The van der Waals surface area contributed by atoms with Crippen LogP contribution >= 0.6 is 0 Å². The summed E-state index contributed by atoms with van der Waals surface area (Å²) >= 11 is 0. The van der Waals surface area contributed by atoms with Gasteiger partial charge in [-0.1, -0.05) is 65.7 Å². The molecule has 0 N–H and O–H groups in total. The Balaban J connectivity index is 0.00000225. The van der Waals surface area contributed by atoms with Gasteiger partial charge in [0, 0.05) is 32.7 Å². The summed E-state index contributed by atoms with van der Waals surface area (Å²) in [5.41, 5.74) is 1.11. The van der Waals surface area contributed by atoms with Crippen LogP contribution in [0.1, 0.15) is 60.8 Å². The maximum atomic E-state index is 4.44. The molecule has 0 saturated heterocycles. The van der Waals surface area contributed by atoms with Crippen LogP contribution in [-0.4, -0.2) is 0 Å². The molecule has 0 aromatic heterocycles. The van der Waals surface area contributed by atoms with Crippen LogP contribution in [0.15, 0.2) is 0 Å². The summed E-state index contributed by atoms with van der Waals surface area (Å²) < 4.78 is 0. The monoisotopic (exact) mass is 297 g/mol. The predicted molar refractivity (Wildman–Crippen MR) is 68.3 cm³/mol. The van der Waals surface area contributed by atoms with Crippen molar-refractivity contribution >= 4 is 0 Å². The SMILES string of the molecule is [CH2-]C1(C(C)(C)C)CC1CC[CH-]C(C)(C)C.[Y]. The first kappa shape index (κ1) is 17.1. The molecule has 1 rings (SSSR count). The minimum Gasteiger partial charge on any atom is -0.336 e. The van der Waals surface area contributed by atoms with E-state index in [2.05, 4.69) is 54.9 Å². The van der Waals surface area contributed by atoms with Gasteiger partial charge in [0.15, 0.2) is 0 Å². The molecule has 1 aliphatic rings. The van der Waals surface area contributed by atoms with Crippen molar-refractivity contribution in [1.29, 1.82) is 0 Å². The Morgan fingerprint density at radius 3 is 2.00 bits per heavy atom. The van der Waals surface area contributed by atoms with Crippen LogP contribution in [-0.2, 0) is 32.7 Å². The fourth-order valence-corrected chi connectivity index (χ4v) is 2.40. The maximum Gasteiger partial charge on any atom is 0 e. The Hall–Kier alpha value is 1.10. The van der Waals surface area contributed by atoms with Gasteiger partial charge in [-0.2, -0.15) is 11.8 Å². The molecule has 93 valence electrons. The number of rotatable bonds is 3. The van der Waals surface area contributed by atoms with Crippen LogP contribution < -0.4 is 0 Å². The molecule has 0 aliphatic heterocycles. The molecule has 1 saturated carbocycles. The molecule has 0 aromatic carbocycles. The molecule has 0 spiro atoms. The van der Waals surface area contributed by atoms with Gasteiger partial charge in [0.1, 0.15) is 0 Å². The second-order valence-electron chi connectivity index (χ2n) is 7.45. The van der Waals surface area contributed by atoms with E-state index in [0.717, 1.165) is 5.92 Å². The van der Waals surface area contributed by atoms with Crippen molar-refractivity contribution in [3.8, 4) is 0 Å². The summed E-state index contributed by atoms with van der Waals surface area (Å²) in [5, 5.41) is 0. The van der Waals surface area contributed by atoms with Gasteiger partial charge in [0.2, 0.25) is 0 Å². The summed E-state index contributed by atoms with van der Waals surface area (Å²) in [6, 6.07) is 0. The summed E-state index contributed by atoms with van der Waals surface area (Å²) in [6.07, 6.45) is 6.36. The minimum atomic E-state index is 0. The molecule has 1 aliphatic carbocycles. The minimum absolute atomic E-state index is 0. The zero-order chi connectivity index (χ0) is 11.9. The molecule has 16 heavy (non-hydrogen) atoms. The quantitative estimate of drug-likeness (QED) is 0.650. The Labute approximate surface area is 128 Å². The number of hydrogen-bond donors (Lipinski definition) is 0. The van der Waals surface area contributed by atoms with Crippen LogP contribution in [0.3, 0.4) is 0 Å². The molecule has 2 atom stereocenters. The van der Waals surface area contributed by atoms with E-state index in [0.29, 0.717) is 16.2 Å². The zero-order valence-electron chi connectivity index (χ0n) is 12.1. The Bertz CT molecular complexity index is 219. The van der Waals surface area contributed by atoms with Gasteiger partial charge in [0.25, 0.3) is 0 Å². The standard InChI is InChI=1S/C15H28.Y/c1-13(2,3)10-8-9-12-11-15(12,7)14(4,5)6;/h10,12H,7-9,11H2,1-6H3;/q-2;. The predicted octanol–water partition coefficient (Wildman–Crippen LogP) is 4.90. The van der Waals surface area contributed by atoms with Crippen molar-refractivity contribution in [3.05, 3.63) is 13.3 Å². The van der Waals surface area contributed by atoms with E-state index in [1.165, 1.54) is 19.3 Å². The topological polar surface area (TPSA) is 0 Å². The van der Waals surface area contributed by atoms with Gasteiger partial charge < -0.3 is 13.3 Å². The van der Waals surface area contributed by atoms with Crippen LogP contribution in [0.25, 0.3) is 0 Å². The molecule has 0 aromatic rings. The molecule has 1 radical (unpaired) electrons. The average Bonchev–Trinajstić information content (AvgIpc) is 2.59. The van der Waals surface area contributed by atoms with Gasteiger partial charge in [-0.25, -0.2) is 0 Å². The van der Waals surface area contributed by atoms with E-state index in [1.807, 2.05) is 0 Å². The molecule has 1 heteroatoms. The molecule has 0 amide bonds. The molecular formula is C15H28Y-2. The molecular weight excluding hydrogens is 269 g/mol. The summed E-state index contributed by atoms with van der Waals surface area (Å²) in [4.78, 5) is 0. The van der Waals surface area contributed by atoms with E-state index >= 15 is 0 Å². The molecule has 0 bridgehead atoms. The third-order valence-corrected chi connectivity index (χ3v) is 4.00. The van der Waals surface area contributed by atoms with Gasteiger partial charge in [-0.3, -0.25) is 0 Å². The first-order valence-corrected chi connectivity index (χ1v) is 6.26. The van der Waals surface area contributed by atoms with Crippen molar-refractivity contribution in [2.24, 2.45) is 22.2 Å². The largest absolute Gasteiger partial charge is 0.336 e. The summed E-state index contributed by atoms with van der Waals surface area (Å²) in [7, 11) is 0. The van der Waals surface area contributed by atoms with Gasteiger partial charge in [-0.15, -0.1) is 5.41 Å². The van der Waals surface area contributed by atoms with Crippen LogP contribution in [0.5, 0.6) is 0 Å². The van der Waals surface area contributed by atoms with E-state index < -0.39 is 0 Å². The maximum absolute atomic E-state index is 4.44. The van der Waals surface area contributed by atoms with Gasteiger partial charge in [-0.05, 0) is 0 Å². The molecule has 0 nitrogen and oxygen atoms in total. The van der Waals surface area contributed by atoms with Crippen molar-refractivity contribution in [3.63, 3.8) is 0 Å². The Morgan fingerprint density at radius 2 is 1.69 bits per heavy atom. The normalized spacial score (nSPS) is 29.8. The van der Waals surface area contributed by atoms with Crippen molar-refractivity contribution in [2.75, 3.05) is 0 Å². The Morgan fingerprint density at radius 1 is 1.19 bits per heavy atom. The van der Waals surface area contributed by atoms with Crippen LogP contribution in [0, 0.1) is 35.5 Å². The molecule has 1 fully saturated rings. The third-order valence-electron chi connectivity index (χ3n) is 4.00. The average molecular weight is 297 g/mol. The second kappa shape index (κ2) is 5.39. The van der Waals surface area contributed by atoms with Crippen molar-refractivity contribution < 1.29 is 32.7 Å². The van der Waals surface area contributed by atoms with E-state index in [1.54, 1.807) is 0 Å².